The first-order chi connectivity index (χ1) is 53.8. The van der Waals surface area contributed by atoms with E-state index in [1.165, 1.54) is 138 Å². The molecule has 2 aliphatic carbocycles. The molecule has 0 fully saturated rings. The van der Waals surface area contributed by atoms with E-state index in [0.717, 1.165) is 50.8 Å². The molecule has 0 atom stereocenters. The number of hydrogen-bond donors (Lipinski definition) is 0. The van der Waals surface area contributed by atoms with Gasteiger partial charge in [-0.1, -0.05) is 319 Å². The van der Waals surface area contributed by atoms with Crippen molar-refractivity contribution in [3.8, 4) is 94.7 Å². The van der Waals surface area contributed by atoms with Crippen LogP contribution in [0.2, 0.25) is 0 Å². The van der Waals surface area contributed by atoms with Gasteiger partial charge in [-0.25, -0.2) is 0 Å². The highest BCUT2D eigenvalue weighted by molar-refractivity contribution is 6.13. The Morgan fingerprint density at radius 2 is 0.624 bits per heavy atom. The summed E-state index contributed by atoms with van der Waals surface area (Å²) in [6.45, 7) is 8.88. The van der Waals surface area contributed by atoms with Crippen molar-refractivity contribution in [2.75, 3.05) is 9.80 Å². The van der Waals surface area contributed by atoms with E-state index in [-0.39, 0.29) is 5.92 Å². The molecular formula is C106H79N3. The lowest BCUT2D eigenvalue weighted by Gasteiger charge is -2.31. The van der Waals surface area contributed by atoms with Crippen LogP contribution in [0, 0.1) is 0 Å². The highest BCUT2D eigenvalue weighted by Crippen LogP contribution is 2.57. The maximum atomic E-state index is 2.54. The van der Waals surface area contributed by atoms with Crippen molar-refractivity contribution in [1.29, 1.82) is 0 Å². The van der Waals surface area contributed by atoms with Gasteiger partial charge in [0.05, 0.1) is 16.7 Å². The molecule has 0 saturated carbocycles. The zero-order valence-electron chi connectivity index (χ0n) is 61.5. The Kier molecular flexibility index (Phi) is 16.8. The average molecular weight is 1390 g/mol. The van der Waals surface area contributed by atoms with Crippen molar-refractivity contribution >= 4 is 66.7 Å². The van der Waals surface area contributed by atoms with Gasteiger partial charge in [0.15, 0.2) is 0 Å². The molecule has 0 N–H and O–H groups in total. The first-order valence-corrected chi connectivity index (χ1v) is 38.2. The van der Waals surface area contributed by atoms with Crippen LogP contribution in [0.4, 0.5) is 34.1 Å². The second kappa shape index (κ2) is 27.7. The van der Waals surface area contributed by atoms with Crippen LogP contribution >= 0.6 is 0 Å². The second-order valence-corrected chi connectivity index (χ2v) is 29.1. The van der Waals surface area contributed by atoms with Crippen molar-refractivity contribution < 1.29 is 0 Å². The van der Waals surface area contributed by atoms with Crippen molar-refractivity contribution in [1.82, 2.24) is 4.57 Å². The van der Waals surface area contributed by atoms with Gasteiger partial charge in [0.1, 0.15) is 0 Å². The Morgan fingerprint density at radius 3 is 1.11 bits per heavy atom. The lowest BCUT2D eigenvalue weighted by Crippen LogP contribution is -2.18. The predicted octanol–water partition coefficient (Wildman–Crippen LogP) is 29.4. The maximum Gasteiger partial charge on any atom is 0.0543 e. The quantitative estimate of drug-likeness (QED) is 0.107. The summed E-state index contributed by atoms with van der Waals surface area (Å²) in [7, 11) is 0. The van der Waals surface area contributed by atoms with E-state index in [1.807, 2.05) is 13.8 Å². The third-order valence-corrected chi connectivity index (χ3v) is 22.6. The summed E-state index contributed by atoms with van der Waals surface area (Å²) < 4.78 is 2.46. The van der Waals surface area contributed by atoms with Gasteiger partial charge in [0.2, 0.25) is 0 Å². The number of hydrogen-bond acceptors (Lipinski definition) is 2. The van der Waals surface area contributed by atoms with Gasteiger partial charge < -0.3 is 14.4 Å². The van der Waals surface area contributed by atoms with Crippen molar-refractivity contribution in [3.05, 3.63) is 428 Å². The van der Waals surface area contributed by atoms with Gasteiger partial charge in [-0.05, 0) is 231 Å². The van der Waals surface area contributed by atoms with Crippen LogP contribution in [0.15, 0.2) is 400 Å². The molecule has 18 aromatic rings. The van der Waals surface area contributed by atoms with Crippen LogP contribution in [0.25, 0.3) is 127 Å². The molecule has 0 bridgehead atoms. The molecule has 3 heteroatoms. The van der Waals surface area contributed by atoms with E-state index in [0.29, 0.717) is 0 Å². The van der Waals surface area contributed by atoms with E-state index < -0.39 is 5.41 Å². The predicted molar refractivity (Wildman–Crippen MR) is 462 cm³/mol. The molecule has 518 valence electrons. The Balaban J connectivity index is 0.00000400. The van der Waals surface area contributed by atoms with Crippen LogP contribution in [0.5, 0.6) is 0 Å². The average Bonchev–Trinajstić information content (AvgIpc) is 1.47. The standard InChI is InChI=1S/C104H73N3.C2H6/c1-104(2)97-67-87(105(82-51-43-75(44-52-82)69-25-9-3-10-26-69)85-39-24-40-86(66-85)107-99-59-49-79(73-33-17-7-18-34-73)64-95(99)96-65-80(50-60-100(96)107)74-35-19-8-20-36-74)55-58-92(97)103-89-42-22-21-41-88(89)101(68-98(103)104)106(83-53-45-76(46-54-83)70-27-11-4-12-28-70)84-38-23-37-81(61-84)102-90-56-47-77(71-29-13-5-14-30-71)62-93(90)94-63-78(48-57-91(94)102)72-31-15-6-16-32-72;1-2/h3-68,102H,1-2H3;1-2H3. The molecule has 0 spiro atoms. The fourth-order valence-electron chi connectivity index (χ4n) is 17.4. The summed E-state index contributed by atoms with van der Waals surface area (Å²) in [6.07, 6.45) is 0. The highest BCUT2D eigenvalue weighted by Gasteiger charge is 2.39. The van der Waals surface area contributed by atoms with Gasteiger partial charge in [-0.15, -0.1) is 0 Å². The Labute approximate surface area is 638 Å². The number of aromatic nitrogens is 1. The molecular weight excluding hydrogens is 1320 g/mol. The summed E-state index contributed by atoms with van der Waals surface area (Å²) in [6, 6.07) is 149. The SMILES string of the molecule is CC.CC1(C)c2cc(N(c3ccc(-c4ccccc4)cc3)c3cccc(-n4c5ccc(-c6ccccc6)cc5c5cc(-c6ccccc6)ccc54)c3)ccc2-c2c1cc(N(c1ccc(-c3ccccc3)cc1)c1cccc(C3c4ccc(-c5ccccc5)cc4-c4cc(-c5ccccc5)ccc43)c1)c1ccccc21. The second-order valence-electron chi connectivity index (χ2n) is 29.1. The molecule has 0 unspecified atom stereocenters. The zero-order valence-corrected chi connectivity index (χ0v) is 61.5. The zero-order chi connectivity index (χ0) is 73.1. The van der Waals surface area contributed by atoms with E-state index >= 15 is 0 Å². The van der Waals surface area contributed by atoms with Gasteiger partial charge in [0, 0.05) is 61.6 Å². The molecule has 0 radical (unpaired) electrons. The number of fused-ring (bicyclic) bond motifs is 11. The van der Waals surface area contributed by atoms with Gasteiger partial charge >= 0.3 is 0 Å². The normalized spacial score (nSPS) is 12.4. The first kappa shape index (κ1) is 66.1. The summed E-state index contributed by atoms with van der Waals surface area (Å²) >= 11 is 0. The molecule has 0 amide bonds. The van der Waals surface area contributed by atoms with Gasteiger partial charge in [-0.2, -0.15) is 0 Å². The molecule has 1 aromatic heterocycles. The molecule has 1 heterocycles. The monoisotopic (exact) mass is 1390 g/mol. The third-order valence-electron chi connectivity index (χ3n) is 22.6. The van der Waals surface area contributed by atoms with Crippen LogP contribution in [0.1, 0.15) is 61.4 Å². The molecule has 2 aliphatic rings. The van der Waals surface area contributed by atoms with Crippen LogP contribution in [-0.4, -0.2) is 4.57 Å². The van der Waals surface area contributed by atoms with Crippen LogP contribution in [0.3, 0.4) is 0 Å². The third kappa shape index (κ3) is 11.7. The smallest absolute Gasteiger partial charge is 0.0543 e. The number of anilines is 6. The fraction of sp³-hybridized carbons (Fsp3) is 0.0566. The Hall–Kier alpha value is -13.6. The summed E-state index contributed by atoms with van der Waals surface area (Å²) in [4.78, 5) is 5.00. The van der Waals surface area contributed by atoms with Gasteiger partial charge in [-0.3, -0.25) is 0 Å². The van der Waals surface area contributed by atoms with Crippen molar-refractivity contribution in [3.63, 3.8) is 0 Å². The molecule has 0 aliphatic heterocycles. The van der Waals surface area contributed by atoms with E-state index in [1.54, 1.807) is 0 Å². The highest BCUT2D eigenvalue weighted by atomic mass is 15.2. The topological polar surface area (TPSA) is 11.4 Å². The largest absolute Gasteiger partial charge is 0.310 e. The van der Waals surface area contributed by atoms with Crippen molar-refractivity contribution in [2.45, 2.75) is 39.0 Å². The fourth-order valence-corrected chi connectivity index (χ4v) is 17.4. The Morgan fingerprint density at radius 1 is 0.248 bits per heavy atom. The minimum Gasteiger partial charge on any atom is -0.310 e. The molecule has 20 rings (SSSR count). The summed E-state index contributed by atoms with van der Waals surface area (Å²) in [5.41, 5.74) is 35.4. The maximum absolute atomic E-state index is 2.54. The van der Waals surface area contributed by atoms with Gasteiger partial charge in [0.25, 0.3) is 0 Å². The van der Waals surface area contributed by atoms with E-state index in [9.17, 15) is 0 Å². The van der Waals surface area contributed by atoms with E-state index in [4.69, 9.17) is 0 Å². The van der Waals surface area contributed by atoms with Crippen molar-refractivity contribution in [2.24, 2.45) is 0 Å². The number of nitrogens with zero attached hydrogens (tertiary/aromatic N) is 3. The first-order valence-electron chi connectivity index (χ1n) is 38.2. The summed E-state index contributed by atoms with van der Waals surface area (Å²) in [5, 5.41) is 4.83. The Bertz CT molecular complexity index is 6240. The molecule has 109 heavy (non-hydrogen) atoms. The number of rotatable bonds is 14. The number of benzene rings is 17. The lowest BCUT2D eigenvalue weighted by molar-refractivity contribution is 0.661. The van der Waals surface area contributed by atoms with Crippen LogP contribution < -0.4 is 9.80 Å². The molecule has 17 aromatic carbocycles. The molecule has 3 nitrogen and oxygen atoms in total. The summed E-state index contributed by atoms with van der Waals surface area (Å²) in [5.74, 6) is -0.00353. The minimum absolute atomic E-state index is 0.00353. The minimum atomic E-state index is -0.441. The van der Waals surface area contributed by atoms with E-state index in [2.05, 4.69) is 429 Å². The van der Waals surface area contributed by atoms with Crippen LogP contribution in [-0.2, 0) is 5.41 Å². The lowest BCUT2D eigenvalue weighted by atomic mass is 9.81. The molecule has 0 saturated heterocycles.